The summed E-state index contributed by atoms with van der Waals surface area (Å²) in [6, 6.07) is 0.728. The summed E-state index contributed by atoms with van der Waals surface area (Å²) in [4.78, 5) is 28.2. The molecule has 7 nitrogen and oxygen atoms in total. The molecule has 0 aliphatic carbocycles. The molecule has 0 spiro atoms. The standard InChI is InChI=1S/C12H13ClN2O5S/c13-10-5-14-3-1-9(10)12(18)15(6-11(16)17)8-2-4-21(19,20)7-8/h1,3,5,8H,2,4,6-7H2,(H,16,17). The normalized spacial score (nSPS) is 20.1. The molecule has 21 heavy (non-hydrogen) atoms. The molecule has 1 N–H and O–H groups in total. The molecule has 0 aromatic carbocycles. The molecule has 1 aromatic rings. The van der Waals surface area contributed by atoms with Gasteiger partial charge in [0.25, 0.3) is 5.91 Å². The fourth-order valence-corrected chi connectivity index (χ4v) is 4.17. The van der Waals surface area contributed by atoms with E-state index in [1.807, 2.05) is 0 Å². The molecule has 0 bridgehead atoms. The first-order valence-corrected chi connectivity index (χ1v) is 8.33. The molecule has 114 valence electrons. The van der Waals surface area contributed by atoms with Crippen LogP contribution in [0.15, 0.2) is 18.5 Å². The number of sulfone groups is 1. The number of rotatable bonds is 4. The van der Waals surface area contributed by atoms with Crippen LogP contribution in [0.4, 0.5) is 0 Å². The number of carboxylic acid groups (broad SMARTS) is 1. The van der Waals surface area contributed by atoms with Gasteiger partial charge < -0.3 is 10.0 Å². The lowest BCUT2D eigenvalue weighted by Gasteiger charge is -2.26. The molecule has 0 radical (unpaired) electrons. The zero-order valence-electron chi connectivity index (χ0n) is 10.9. The van der Waals surface area contributed by atoms with Crippen LogP contribution in [0.3, 0.4) is 0 Å². The summed E-state index contributed by atoms with van der Waals surface area (Å²) in [5.74, 6) is -2.09. The van der Waals surface area contributed by atoms with E-state index in [2.05, 4.69) is 4.98 Å². The first-order valence-electron chi connectivity index (χ1n) is 6.13. The summed E-state index contributed by atoms with van der Waals surface area (Å²) in [6.45, 7) is -0.572. The second-order valence-corrected chi connectivity index (χ2v) is 7.38. The number of carbonyl (C=O) groups is 2. The highest BCUT2D eigenvalue weighted by atomic mass is 35.5. The van der Waals surface area contributed by atoms with Crippen LogP contribution < -0.4 is 0 Å². The third-order valence-electron chi connectivity index (χ3n) is 3.22. The van der Waals surface area contributed by atoms with Crippen molar-refractivity contribution in [1.29, 1.82) is 0 Å². The van der Waals surface area contributed by atoms with Gasteiger partial charge in [-0.25, -0.2) is 8.42 Å². The number of hydrogen-bond donors (Lipinski definition) is 1. The molecule has 1 saturated heterocycles. The number of hydrogen-bond acceptors (Lipinski definition) is 5. The van der Waals surface area contributed by atoms with Crippen LogP contribution in [-0.4, -0.2) is 59.4 Å². The van der Waals surface area contributed by atoms with Gasteiger partial charge in [0.15, 0.2) is 9.84 Å². The van der Waals surface area contributed by atoms with E-state index in [9.17, 15) is 18.0 Å². The molecule has 1 amide bonds. The third-order valence-corrected chi connectivity index (χ3v) is 5.27. The highest BCUT2D eigenvalue weighted by Gasteiger charge is 2.36. The largest absolute Gasteiger partial charge is 0.480 e. The summed E-state index contributed by atoms with van der Waals surface area (Å²) >= 11 is 5.89. The van der Waals surface area contributed by atoms with E-state index in [4.69, 9.17) is 16.7 Å². The summed E-state index contributed by atoms with van der Waals surface area (Å²) in [7, 11) is -3.23. The maximum absolute atomic E-state index is 12.5. The minimum absolute atomic E-state index is 0.0505. The number of aromatic nitrogens is 1. The van der Waals surface area contributed by atoms with Crippen molar-refractivity contribution in [3.63, 3.8) is 0 Å². The SMILES string of the molecule is O=C(O)CN(C(=O)c1ccncc1Cl)C1CCS(=O)(=O)C1. The van der Waals surface area contributed by atoms with Gasteiger partial charge in [-0.2, -0.15) is 0 Å². The van der Waals surface area contributed by atoms with Gasteiger partial charge >= 0.3 is 5.97 Å². The number of nitrogens with zero attached hydrogens (tertiary/aromatic N) is 2. The van der Waals surface area contributed by atoms with E-state index in [1.165, 1.54) is 18.5 Å². The third kappa shape index (κ3) is 3.70. The van der Waals surface area contributed by atoms with Crippen molar-refractivity contribution in [2.24, 2.45) is 0 Å². The molecule has 2 heterocycles. The monoisotopic (exact) mass is 332 g/mol. The second kappa shape index (κ2) is 5.98. The Morgan fingerprint density at radius 1 is 1.48 bits per heavy atom. The predicted octanol–water partition coefficient (Wildman–Crippen LogP) is 0.449. The lowest BCUT2D eigenvalue weighted by molar-refractivity contribution is -0.138. The van der Waals surface area contributed by atoms with E-state index in [1.54, 1.807) is 0 Å². The molecule has 1 fully saturated rings. The highest BCUT2D eigenvalue weighted by Crippen LogP contribution is 2.22. The fourth-order valence-electron chi connectivity index (χ4n) is 2.24. The molecular weight excluding hydrogens is 320 g/mol. The maximum atomic E-state index is 12.5. The predicted molar refractivity (Wildman–Crippen MR) is 75.0 cm³/mol. The first kappa shape index (κ1) is 15.7. The van der Waals surface area contributed by atoms with Crippen molar-refractivity contribution in [1.82, 2.24) is 9.88 Å². The average molecular weight is 333 g/mol. The van der Waals surface area contributed by atoms with Gasteiger partial charge in [-0.05, 0) is 12.5 Å². The van der Waals surface area contributed by atoms with Crippen LogP contribution in [0.25, 0.3) is 0 Å². The summed E-state index contributed by atoms with van der Waals surface area (Å²) < 4.78 is 23.1. The van der Waals surface area contributed by atoms with Crippen molar-refractivity contribution in [2.75, 3.05) is 18.1 Å². The molecular formula is C12H13ClN2O5S. The Labute approximate surface area is 126 Å². The zero-order valence-corrected chi connectivity index (χ0v) is 12.5. The number of halogens is 1. The average Bonchev–Trinajstić information content (AvgIpc) is 2.76. The van der Waals surface area contributed by atoms with Crippen molar-refractivity contribution < 1.29 is 23.1 Å². The Kier molecular flexibility index (Phi) is 4.48. The van der Waals surface area contributed by atoms with Crippen LogP contribution in [0, 0.1) is 0 Å². The Hall–Kier alpha value is -1.67. The van der Waals surface area contributed by atoms with Gasteiger partial charge in [0.05, 0.1) is 22.1 Å². The topological polar surface area (TPSA) is 105 Å². The van der Waals surface area contributed by atoms with E-state index < -0.39 is 34.3 Å². The van der Waals surface area contributed by atoms with E-state index in [0.29, 0.717) is 0 Å². The number of carbonyl (C=O) groups excluding carboxylic acids is 1. The van der Waals surface area contributed by atoms with Gasteiger partial charge in [-0.15, -0.1) is 0 Å². The van der Waals surface area contributed by atoms with Crippen molar-refractivity contribution >= 4 is 33.3 Å². The van der Waals surface area contributed by atoms with Gasteiger partial charge in [0, 0.05) is 18.4 Å². The minimum atomic E-state index is -3.23. The summed E-state index contributed by atoms with van der Waals surface area (Å²) in [5, 5.41) is 9.05. The van der Waals surface area contributed by atoms with E-state index in [-0.39, 0.29) is 28.5 Å². The van der Waals surface area contributed by atoms with Crippen molar-refractivity contribution in [3.8, 4) is 0 Å². The quantitative estimate of drug-likeness (QED) is 0.858. The smallest absolute Gasteiger partial charge is 0.323 e. The summed E-state index contributed by atoms with van der Waals surface area (Å²) in [5.41, 5.74) is 0.109. The second-order valence-electron chi connectivity index (χ2n) is 4.74. The molecule has 2 rings (SSSR count). The number of carboxylic acids is 1. The van der Waals surface area contributed by atoms with Gasteiger partial charge in [-0.3, -0.25) is 14.6 Å². The fraction of sp³-hybridized carbons (Fsp3) is 0.417. The molecule has 1 unspecified atom stereocenters. The Morgan fingerprint density at radius 3 is 2.71 bits per heavy atom. The van der Waals surface area contributed by atoms with Gasteiger partial charge in [-0.1, -0.05) is 11.6 Å². The van der Waals surface area contributed by atoms with E-state index >= 15 is 0 Å². The molecule has 9 heteroatoms. The lowest BCUT2D eigenvalue weighted by atomic mass is 10.1. The summed E-state index contributed by atoms with van der Waals surface area (Å²) in [6.07, 6.45) is 2.87. The lowest BCUT2D eigenvalue weighted by Crippen LogP contribution is -2.44. The Bertz CT molecular complexity index is 676. The Morgan fingerprint density at radius 2 is 2.19 bits per heavy atom. The number of aliphatic carboxylic acids is 1. The van der Waals surface area contributed by atoms with Crippen LogP contribution >= 0.6 is 11.6 Å². The van der Waals surface area contributed by atoms with Crippen molar-refractivity contribution in [3.05, 3.63) is 29.0 Å². The van der Waals surface area contributed by atoms with Crippen LogP contribution in [0.1, 0.15) is 16.8 Å². The maximum Gasteiger partial charge on any atom is 0.323 e. The van der Waals surface area contributed by atoms with E-state index in [0.717, 1.165) is 4.90 Å². The first-order chi connectivity index (χ1) is 9.80. The van der Waals surface area contributed by atoms with Crippen molar-refractivity contribution in [2.45, 2.75) is 12.5 Å². The van der Waals surface area contributed by atoms with Gasteiger partial charge in [0.2, 0.25) is 0 Å². The molecule has 1 aliphatic heterocycles. The Balaban J connectivity index is 2.30. The molecule has 1 aromatic heterocycles. The zero-order chi connectivity index (χ0) is 15.6. The molecule has 0 saturated carbocycles. The molecule has 1 aliphatic rings. The van der Waals surface area contributed by atoms with Crippen LogP contribution in [-0.2, 0) is 14.6 Å². The van der Waals surface area contributed by atoms with Gasteiger partial charge in [0.1, 0.15) is 6.54 Å². The number of amides is 1. The van der Waals surface area contributed by atoms with Crippen LogP contribution in [0.2, 0.25) is 5.02 Å². The highest BCUT2D eigenvalue weighted by molar-refractivity contribution is 7.91. The number of pyridine rings is 1. The van der Waals surface area contributed by atoms with Crippen LogP contribution in [0.5, 0.6) is 0 Å². The molecule has 1 atom stereocenters. The minimum Gasteiger partial charge on any atom is -0.480 e.